The van der Waals surface area contributed by atoms with Crippen LogP contribution in [0.25, 0.3) is 0 Å². The summed E-state index contributed by atoms with van der Waals surface area (Å²) >= 11 is 12.2. The topological polar surface area (TPSA) is 77.8 Å². The number of pyridine rings is 1. The summed E-state index contributed by atoms with van der Waals surface area (Å²) < 4.78 is 0. The number of rotatable bonds is 4. The molecular weight excluding hydrogens is 371 g/mol. The molecule has 128 valence electrons. The van der Waals surface area contributed by atoms with E-state index in [-0.39, 0.29) is 11.6 Å². The van der Waals surface area contributed by atoms with Crippen LogP contribution in [0.15, 0.2) is 60.8 Å². The summed E-state index contributed by atoms with van der Waals surface area (Å²) in [6, 6.07) is 17.2. The SMILES string of the molecule is N#Cc1cccc(NC(=O)c2ccc(Nc3c(Cl)cccc3Cl)cn2)c1. The molecule has 26 heavy (non-hydrogen) atoms. The van der Waals surface area contributed by atoms with E-state index in [1.807, 2.05) is 6.07 Å². The van der Waals surface area contributed by atoms with Gasteiger partial charge in [0.2, 0.25) is 0 Å². The first-order valence-corrected chi connectivity index (χ1v) is 8.31. The second-order valence-electron chi connectivity index (χ2n) is 5.30. The second-order valence-corrected chi connectivity index (χ2v) is 6.11. The standard InChI is InChI=1S/C19H12Cl2N4O/c20-15-5-2-6-16(21)18(15)24-14-7-8-17(23-11-14)19(26)25-13-4-1-3-12(9-13)10-22/h1-9,11,24H,(H,25,26). The maximum Gasteiger partial charge on any atom is 0.274 e. The number of para-hydroxylation sites is 1. The molecule has 0 aliphatic heterocycles. The third-order valence-corrected chi connectivity index (χ3v) is 4.11. The van der Waals surface area contributed by atoms with Crippen molar-refractivity contribution in [1.29, 1.82) is 5.26 Å². The van der Waals surface area contributed by atoms with Crippen LogP contribution in [0.1, 0.15) is 16.1 Å². The molecule has 0 unspecified atom stereocenters. The first-order valence-electron chi connectivity index (χ1n) is 7.55. The number of hydrogen-bond donors (Lipinski definition) is 2. The number of nitrogens with one attached hydrogen (secondary N) is 2. The highest BCUT2D eigenvalue weighted by Crippen LogP contribution is 2.32. The van der Waals surface area contributed by atoms with E-state index < -0.39 is 0 Å². The average molecular weight is 383 g/mol. The Hall–Kier alpha value is -3.07. The first kappa shape index (κ1) is 17.7. The number of nitriles is 1. The summed E-state index contributed by atoms with van der Waals surface area (Å²) in [5, 5.41) is 15.7. The van der Waals surface area contributed by atoms with Gasteiger partial charge >= 0.3 is 0 Å². The van der Waals surface area contributed by atoms with Gasteiger partial charge in [-0.15, -0.1) is 0 Å². The molecule has 2 N–H and O–H groups in total. The molecule has 1 heterocycles. The smallest absolute Gasteiger partial charge is 0.274 e. The Kier molecular flexibility index (Phi) is 5.37. The van der Waals surface area contributed by atoms with Gasteiger partial charge in [-0.1, -0.05) is 35.3 Å². The molecule has 0 aliphatic carbocycles. The summed E-state index contributed by atoms with van der Waals surface area (Å²) in [5.41, 5.74) is 2.45. The molecule has 2 aromatic carbocycles. The van der Waals surface area contributed by atoms with E-state index in [1.165, 1.54) is 6.20 Å². The molecule has 5 nitrogen and oxygen atoms in total. The Bertz CT molecular complexity index is 977. The van der Waals surface area contributed by atoms with Crippen molar-refractivity contribution in [2.75, 3.05) is 10.6 Å². The fraction of sp³-hybridized carbons (Fsp3) is 0. The number of carbonyl (C=O) groups excluding carboxylic acids is 1. The lowest BCUT2D eigenvalue weighted by Gasteiger charge is -2.10. The van der Waals surface area contributed by atoms with Gasteiger partial charge in [0.25, 0.3) is 5.91 Å². The maximum atomic E-state index is 12.3. The Morgan fingerprint density at radius 1 is 1.00 bits per heavy atom. The molecule has 3 aromatic rings. The number of carbonyl (C=O) groups is 1. The van der Waals surface area contributed by atoms with Gasteiger partial charge in [0, 0.05) is 5.69 Å². The highest BCUT2D eigenvalue weighted by molar-refractivity contribution is 6.39. The Balaban J connectivity index is 1.73. The Labute approximate surface area is 160 Å². The van der Waals surface area contributed by atoms with Crippen molar-refractivity contribution in [3.05, 3.63) is 82.1 Å². The fourth-order valence-corrected chi connectivity index (χ4v) is 2.72. The van der Waals surface area contributed by atoms with Crippen molar-refractivity contribution in [2.45, 2.75) is 0 Å². The highest BCUT2D eigenvalue weighted by atomic mass is 35.5. The van der Waals surface area contributed by atoms with Gasteiger partial charge in [-0.3, -0.25) is 4.79 Å². The van der Waals surface area contributed by atoms with Crippen molar-refractivity contribution in [3.63, 3.8) is 0 Å². The van der Waals surface area contributed by atoms with E-state index in [0.717, 1.165) is 0 Å². The number of amides is 1. The van der Waals surface area contributed by atoms with Crippen molar-refractivity contribution in [3.8, 4) is 6.07 Å². The van der Waals surface area contributed by atoms with Crippen molar-refractivity contribution < 1.29 is 4.79 Å². The van der Waals surface area contributed by atoms with Crippen LogP contribution < -0.4 is 10.6 Å². The van der Waals surface area contributed by atoms with Crippen LogP contribution in [0, 0.1) is 11.3 Å². The molecule has 0 fully saturated rings. The Morgan fingerprint density at radius 2 is 1.73 bits per heavy atom. The molecule has 1 aromatic heterocycles. The number of anilines is 3. The van der Waals surface area contributed by atoms with Gasteiger partial charge in [0.15, 0.2) is 0 Å². The predicted molar refractivity (Wildman–Crippen MR) is 103 cm³/mol. The largest absolute Gasteiger partial charge is 0.352 e. The quantitative estimate of drug-likeness (QED) is 0.645. The van der Waals surface area contributed by atoms with Crippen molar-refractivity contribution in [2.24, 2.45) is 0 Å². The average Bonchev–Trinajstić information content (AvgIpc) is 2.65. The third kappa shape index (κ3) is 4.12. The van der Waals surface area contributed by atoms with Gasteiger partial charge in [0.05, 0.1) is 39.2 Å². The Morgan fingerprint density at radius 3 is 2.38 bits per heavy atom. The monoisotopic (exact) mass is 382 g/mol. The molecular formula is C19H12Cl2N4O. The zero-order chi connectivity index (χ0) is 18.5. The summed E-state index contributed by atoms with van der Waals surface area (Å²) in [5.74, 6) is -0.373. The highest BCUT2D eigenvalue weighted by Gasteiger charge is 2.10. The lowest BCUT2D eigenvalue weighted by molar-refractivity contribution is 0.102. The minimum absolute atomic E-state index is 0.239. The second kappa shape index (κ2) is 7.87. The van der Waals surface area contributed by atoms with Crippen LogP contribution in [0.3, 0.4) is 0 Å². The van der Waals surface area contributed by atoms with Crippen LogP contribution in [0.2, 0.25) is 10.0 Å². The van der Waals surface area contributed by atoms with Gasteiger partial charge in [-0.2, -0.15) is 5.26 Å². The van der Waals surface area contributed by atoms with Gasteiger partial charge in [-0.25, -0.2) is 4.98 Å². The maximum absolute atomic E-state index is 12.3. The first-order chi connectivity index (χ1) is 12.6. The zero-order valence-corrected chi connectivity index (χ0v) is 14.8. The molecule has 0 spiro atoms. The lowest BCUT2D eigenvalue weighted by atomic mass is 10.2. The van der Waals surface area contributed by atoms with E-state index in [9.17, 15) is 4.79 Å². The molecule has 7 heteroatoms. The molecule has 0 saturated heterocycles. The van der Waals surface area contributed by atoms with Crippen LogP contribution in [0.4, 0.5) is 17.1 Å². The summed E-state index contributed by atoms with van der Waals surface area (Å²) in [7, 11) is 0. The van der Waals surface area contributed by atoms with Crippen molar-refractivity contribution in [1.82, 2.24) is 4.98 Å². The van der Waals surface area contributed by atoms with Crippen LogP contribution in [0.5, 0.6) is 0 Å². The molecule has 0 atom stereocenters. The number of hydrogen-bond acceptors (Lipinski definition) is 4. The number of benzene rings is 2. The van der Waals surface area contributed by atoms with E-state index in [1.54, 1.807) is 54.6 Å². The summed E-state index contributed by atoms with van der Waals surface area (Å²) in [6.45, 7) is 0. The van der Waals surface area contributed by atoms with Crippen LogP contribution >= 0.6 is 23.2 Å². The van der Waals surface area contributed by atoms with Crippen LogP contribution in [-0.2, 0) is 0 Å². The van der Waals surface area contributed by atoms with E-state index in [2.05, 4.69) is 15.6 Å². The summed E-state index contributed by atoms with van der Waals surface area (Å²) in [6.07, 6.45) is 1.51. The predicted octanol–water partition coefficient (Wildman–Crippen LogP) is 5.26. The number of aromatic nitrogens is 1. The normalized spacial score (nSPS) is 10.0. The molecule has 0 saturated carbocycles. The van der Waals surface area contributed by atoms with E-state index in [4.69, 9.17) is 28.5 Å². The minimum Gasteiger partial charge on any atom is -0.352 e. The molecule has 3 rings (SSSR count). The van der Waals surface area contributed by atoms with E-state index in [0.29, 0.717) is 32.7 Å². The lowest BCUT2D eigenvalue weighted by Crippen LogP contribution is -2.13. The molecule has 0 aliphatic rings. The number of halogens is 2. The van der Waals surface area contributed by atoms with Crippen LogP contribution in [-0.4, -0.2) is 10.9 Å². The van der Waals surface area contributed by atoms with Gasteiger partial charge in [-0.05, 0) is 42.5 Å². The van der Waals surface area contributed by atoms with Gasteiger partial charge in [0.1, 0.15) is 5.69 Å². The molecule has 0 bridgehead atoms. The zero-order valence-electron chi connectivity index (χ0n) is 13.3. The fourth-order valence-electron chi connectivity index (χ4n) is 2.23. The number of nitrogens with zero attached hydrogens (tertiary/aromatic N) is 2. The third-order valence-electron chi connectivity index (χ3n) is 3.48. The van der Waals surface area contributed by atoms with Gasteiger partial charge < -0.3 is 10.6 Å². The van der Waals surface area contributed by atoms with Crippen molar-refractivity contribution >= 4 is 46.2 Å². The summed E-state index contributed by atoms with van der Waals surface area (Å²) in [4.78, 5) is 16.4. The molecule has 0 radical (unpaired) electrons. The minimum atomic E-state index is -0.373. The van der Waals surface area contributed by atoms with E-state index >= 15 is 0 Å². The molecule has 1 amide bonds.